The molecule has 1 aromatic rings. The second kappa shape index (κ2) is 5.75. The summed E-state index contributed by atoms with van der Waals surface area (Å²) in [6, 6.07) is 7.51. The molecule has 1 aromatic carbocycles. The molecule has 0 saturated carbocycles. The van der Waals surface area contributed by atoms with Crippen LogP contribution >= 0.6 is 0 Å². The van der Waals surface area contributed by atoms with Crippen molar-refractivity contribution in [2.75, 3.05) is 7.05 Å². The number of amides is 2. The van der Waals surface area contributed by atoms with E-state index in [-0.39, 0.29) is 17.2 Å². The molecular formula is C18H26N2O2. The van der Waals surface area contributed by atoms with Crippen molar-refractivity contribution in [2.24, 2.45) is 0 Å². The van der Waals surface area contributed by atoms with E-state index in [0.717, 1.165) is 5.56 Å². The van der Waals surface area contributed by atoms with Gasteiger partial charge in [-0.15, -0.1) is 0 Å². The highest BCUT2D eigenvalue weighted by Crippen LogP contribution is 2.24. The van der Waals surface area contributed by atoms with Gasteiger partial charge < -0.3 is 9.80 Å². The normalized spacial score (nSPS) is 23.2. The molecule has 0 aromatic heterocycles. The minimum atomic E-state index is -0.406. The van der Waals surface area contributed by atoms with Crippen LogP contribution in [0.4, 0.5) is 0 Å². The van der Waals surface area contributed by atoms with Crippen molar-refractivity contribution in [3.05, 3.63) is 35.4 Å². The zero-order valence-electron chi connectivity index (χ0n) is 14.4. The molecule has 4 nitrogen and oxygen atoms in total. The molecule has 1 aliphatic rings. The number of hydrogen-bond acceptors (Lipinski definition) is 2. The first-order valence-electron chi connectivity index (χ1n) is 7.79. The van der Waals surface area contributed by atoms with Gasteiger partial charge in [-0.05, 0) is 30.4 Å². The third-order valence-corrected chi connectivity index (χ3v) is 4.57. The summed E-state index contributed by atoms with van der Waals surface area (Å²) in [6.45, 7) is 10.6. The van der Waals surface area contributed by atoms with E-state index < -0.39 is 12.1 Å². The van der Waals surface area contributed by atoms with Gasteiger partial charge in [0.05, 0.1) is 0 Å². The van der Waals surface area contributed by atoms with E-state index in [1.807, 2.05) is 12.1 Å². The van der Waals surface area contributed by atoms with Crippen molar-refractivity contribution in [1.82, 2.24) is 9.80 Å². The Bertz CT molecular complexity index is 572. The summed E-state index contributed by atoms with van der Waals surface area (Å²) in [7, 11) is 1.69. The summed E-state index contributed by atoms with van der Waals surface area (Å²) in [6.07, 6.45) is 0. The molecule has 22 heavy (non-hydrogen) atoms. The summed E-state index contributed by atoms with van der Waals surface area (Å²) >= 11 is 0. The lowest BCUT2D eigenvalue weighted by Crippen LogP contribution is -2.61. The first-order valence-corrected chi connectivity index (χ1v) is 7.79. The molecule has 0 N–H and O–H groups in total. The van der Waals surface area contributed by atoms with Crippen LogP contribution in [0.5, 0.6) is 0 Å². The highest BCUT2D eigenvalue weighted by atomic mass is 16.2. The Morgan fingerprint density at radius 2 is 1.50 bits per heavy atom. The summed E-state index contributed by atoms with van der Waals surface area (Å²) in [5, 5.41) is 0. The van der Waals surface area contributed by atoms with E-state index in [1.54, 1.807) is 25.8 Å². The Labute approximate surface area is 133 Å². The SMILES string of the molecule is C[C@H]1C(=O)N(Cc2ccc(C(C)(C)C)cc2)[C@@H](C)C(=O)N1C. The fourth-order valence-electron chi connectivity index (χ4n) is 2.74. The lowest BCUT2D eigenvalue weighted by Gasteiger charge is -2.41. The molecule has 1 aliphatic heterocycles. The van der Waals surface area contributed by atoms with Gasteiger partial charge in [0.15, 0.2) is 0 Å². The average Bonchev–Trinajstić information content (AvgIpc) is 2.47. The van der Waals surface area contributed by atoms with Crippen LogP contribution < -0.4 is 0 Å². The number of likely N-dealkylation sites (N-methyl/N-ethyl adjacent to an activating group) is 1. The van der Waals surface area contributed by atoms with Gasteiger partial charge >= 0.3 is 0 Å². The largest absolute Gasteiger partial charge is 0.332 e. The van der Waals surface area contributed by atoms with Gasteiger partial charge in [0.1, 0.15) is 12.1 Å². The zero-order valence-corrected chi connectivity index (χ0v) is 14.4. The molecule has 0 bridgehead atoms. The van der Waals surface area contributed by atoms with Crippen LogP contribution in [0.2, 0.25) is 0 Å². The van der Waals surface area contributed by atoms with Gasteiger partial charge in [-0.1, -0.05) is 45.0 Å². The van der Waals surface area contributed by atoms with E-state index in [9.17, 15) is 9.59 Å². The number of benzene rings is 1. The first kappa shape index (κ1) is 16.5. The molecule has 2 atom stereocenters. The molecule has 0 spiro atoms. The van der Waals surface area contributed by atoms with Gasteiger partial charge in [-0.2, -0.15) is 0 Å². The number of carbonyl (C=O) groups is 2. The Kier molecular flexibility index (Phi) is 4.32. The maximum absolute atomic E-state index is 12.5. The minimum Gasteiger partial charge on any atom is -0.332 e. The topological polar surface area (TPSA) is 40.6 Å². The second-order valence-corrected chi connectivity index (χ2v) is 7.21. The first-order chi connectivity index (χ1) is 10.1. The minimum absolute atomic E-state index is 0.00147. The van der Waals surface area contributed by atoms with Gasteiger partial charge in [0.2, 0.25) is 11.8 Å². The molecule has 1 heterocycles. The van der Waals surface area contributed by atoms with Crippen molar-refractivity contribution in [3.8, 4) is 0 Å². The number of carbonyl (C=O) groups excluding carboxylic acids is 2. The Balaban J connectivity index is 2.19. The van der Waals surface area contributed by atoms with Crippen molar-refractivity contribution < 1.29 is 9.59 Å². The number of piperazine rings is 1. The van der Waals surface area contributed by atoms with E-state index in [0.29, 0.717) is 6.54 Å². The van der Waals surface area contributed by atoms with Crippen LogP contribution in [0.1, 0.15) is 45.7 Å². The molecule has 2 amide bonds. The van der Waals surface area contributed by atoms with Crippen molar-refractivity contribution in [3.63, 3.8) is 0 Å². The lowest BCUT2D eigenvalue weighted by atomic mass is 9.86. The Morgan fingerprint density at radius 1 is 0.955 bits per heavy atom. The van der Waals surface area contributed by atoms with Crippen LogP contribution in [-0.4, -0.2) is 40.7 Å². The summed E-state index contributed by atoms with van der Waals surface area (Å²) in [4.78, 5) is 27.9. The fraction of sp³-hybridized carbons (Fsp3) is 0.556. The zero-order chi connectivity index (χ0) is 16.7. The quantitative estimate of drug-likeness (QED) is 0.842. The third-order valence-electron chi connectivity index (χ3n) is 4.57. The average molecular weight is 302 g/mol. The number of hydrogen-bond donors (Lipinski definition) is 0. The van der Waals surface area contributed by atoms with E-state index in [4.69, 9.17) is 0 Å². The van der Waals surface area contributed by atoms with E-state index in [2.05, 4.69) is 32.9 Å². The maximum atomic E-state index is 12.5. The smallest absolute Gasteiger partial charge is 0.246 e. The highest BCUT2D eigenvalue weighted by Gasteiger charge is 2.39. The van der Waals surface area contributed by atoms with Gasteiger partial charge in [0.25, 0.3) is 0 Å². The summed E-state index contributed by atoms with van der Waals surface area (Å²) in [5.41, 5.74) is 2.43. The second-order valence-electron chi connectivity index (χ2n) is 7.21. The maximum Gasteiger partial charge on any atom is 0.246 e. The fourth-order valence-corrected chi connectivity index (χ4v) is 2.74. The molecule has 4 heteroatoms. The highest BCUT2D eigenvalue weighted by molar-refractivity contribution is 5.96. The predicted octanol–water partition coefficient (Wildman–Crippen LogP) is 2.56. The van der Waals surface area contributed by atoms with Crippen LogP contribution in [0.15, 0.2) is 24.3 Å². The Hall–Kier alpha value is -1.84. The van der Waals surface area contributed by atoms with Crippen LogP contribution in [0, 0.1) is 0 Å². The van der Waals surface area contributed by atoms with Gasteiger partial charge in [-0.3, -0.25) is 9.59 Å². The van der Waals surface area contributed by atoms with Gasteiger partial charge in [0, 0.05) is 13.6 Å². The standard InChI is InChI=1S/C18H26N2O2/c1-12-17(22)20(13(2)16(21)19(12)6)11-14-7-9-15(10-8-14)18(3,4)5/h7-10,12-13H,11H2,1-6H3/t12-,13-/m0/s1. The molecule has 1 saturated heterocycles. The van der Waals surface area contributed by atoms with E-state index in [1.165, 1.54) is 10.5 Å². The molecule has 120 valence electrons. The molecule has 1 fully saturated rings. The molecule has 0 aliphatic carbocycles. The molecule has 0 unspecified atom stereocenters. The van der Waals surface area contributed by atoms with Crippen molar-refractivity contribution in [2.45, 2.75) is 58.7 Å². The molecule has 0 radical (unpaired) electrons. The van der Waals surface area contributed by atoms with E-state index >= 15 is 0 Å². The number of nitrogens with zero attached hydrogens (tertiary/aromatic N) is 2. The number of rotatable bonds is 2. The van der Waals surface area contributed by atoms with Crippen molar-refractivity contribution in [1.29, 1.82) is 0 Å². The molecular weight excluding hydrogens is 276 g/mol. The molecule has 2 rings (SSSR count). The lowest BCUT2D eigenvalue weighted by molar-refractivity contribution is -0.159. The monoisotopic (exact) mass is 302 g/mol. The summed E-state index contributed by atoms with van der Waals surface area (Å²) < 4.78 is 0. The third kappa shape index (κ3) is 3.01. The predicted molar refractivity (Wildman–Crippen MR) is 87.4 cm³/mol. The van der Waals surface area contributed by atoms with Crippen LogP contribution in [-0.2, 0) is 21.5 Å². The van der Waals surface area contributed by atoms with Crippen LogP contribution in [0.3, 0.4) is 0 Å². The Morgan fingerprint density at radius 3 is 2.00 bits per heavy atom. The van der Waals surface area contributed by atoms with Crippen LogP contribution in [0.25, 0.3) is 0 Å². The van der Waals surface area contributed by atoms with Gasteiger partial charge in [-0.25, -0.2) is 0 Å². The van der Waals surface area contributed by atoms with Crippen molar-refractivity contribution >= 4 is 11.8 Å². The summed E-state index contributed by atoms with van der Waals surface area (Å²) in [5.74, 6) is 0.00732.